The van der Waals surface area contributed by atoms with Crippen LogP contribution < -0.4 is 29.6 Å². The third-order valence-corrected chi connectivity index (χ3v) is 2.31. The van der Waals surface area contributed by atoms with Gasteiger partial charge in [0.1, 0.15) is 6.71 Å². The van der Waals surface area contributed by atoms with E-state index in [1.165, 1.54) is 0 Å². The Morgan fingerprint density at radius 3 is 0.909 bits per heavy atom. The molecule has 0 spiro atoms. The van der Waals surface area contributed by atoms with Crippen LogP contribution in [0, 0.1) is 0 Å². The molecule has 0 saturated heterocycles. The van der Waals surface area contributed by atoms with E-state index in [-0.39, 0.29) is 31.0 Å². The van der Waals surface area contributed by atoms with Crippen LogP contribution >= 0.6 is 0 Å². The van der Waals surface area contributed by atoms with E-state index in [1.54, 1.807) is 0 Å². The standard InChI is InChI=1S/C9H21B.Na.H/c1-7(2)10(8(3)4)9(5)6;;/h7-9H,1-6H3;;/q;+1;-1. The first-order chi connectivity index (χ1) is 4.46. The molecule has 2 heteroatoms. The maximum atomic E-state index is 2.32. The van der Waals surface area contributed by atoms with Crippen molar-refractivity contribution in [2.45, 2.75) is 59.0 Å². The van der Waals surface area contributed by atoms with Crippen LogP contribution in [0.1, 0.15) is 43.0 Å². The van der Waals surface area contributed by atoms with Crippen molar-refractivity contribution >= 4 is 6.71 Å². The Morgan fingerprint density at radius 1 is 0.727 bits per heavy atom. The van der Waals surface area contributed by atoms with Crippen molar-refractivity contribution in [3.63, 3.8) is 0 Å². The van der Waals surface area contributed by atoms with Gasteiger partial charge in [-0.3, -0.25) is 0 Å². The second-order valence-corrected chi connectivity index (χ2v) is 4.31. The fraction of sp³-hybridized carbons (Fsp3) is 1.00. The van der Waals surface area contributed by atoms with Gasteiger partial charge in [0.25, 0.3) is 0 Å². The van der Waals surface area contributed by atoms with E-state index in [0.29, 0.717) is 0 Å². The minimum Gasteiger partial charge on any atom is -1.00 e. The predicted octanol–water partition coefficient (Wildman–Crippen LogP) is 0.828. The third kappa shape index (κ3) is 5.33. The third-order valence-electron chi connectivity index (χ3n) is 2.31. The number of rotatable bonds is 3. The van der Waals surface area contributed by atoms with E-state index in [0.717, 1.165) is 24.2 Å². The Balaban J connectivity index is -0.000000405. The average Bonchev–Trinajstić information content (AvgIpc) is 1.59. The maximum absolute atomic E-state index is 2.32. The van der Waals surface area contributed by atoms with Crippen molar-refractivity contribution in [3.05, 3.63) is 0 Å². The van der Waals surface area contributed by atoms with Crippen LogP contribution in [0.15, 0.2) is 0 Å². The van der Waals surface area contributed by atoms with Crippen LogP contribution in [0.2, 0.25) is 17.5 Å². The van der Waals surface area contributed by atoms with Gasteiger partial charge in [0, 0.05) is 0 Å². The summed E-state index contributed by atoms with van der Waals surface area (Å²) in [6, 6.07) is 0. The van der Waals surface area contributed by atoms with Crippen LogP contribution in [0.5, 0.6) is 0 Å². The molecule has 0 unspecified atom stereocenters. The molecule has 0 bridgehead atoms. The first-order valence-electron chi connectivity index (χ1n) is 4.46. The van der Waals surface area contributed by atoms with Crippen molar-refractivity contribution in [2.75, 3.05) is 0 Å². The summed E-state index contributed by atoms with van der Waals surface area (Å²) >= 11 is 0. The molecule has 0 radical (unpaired) electrons. The Kier molecular flexibility index (Phi) is 8.70. The molecule has 0 fully saturated rings. The summed E-state index contributed by atoms with van der Waals surface area (Å²) in [5, 5.41) is 0. The van der Waals surface area contributed by atoms with Gasteiger partial charge < -0.3 is 1.43 Å². The summed E-state index contributed by atoms with van der Waals surface area (Å²) in [4.78, 5) is 0. The van der Waals surface area contributed by atoms with Crippen LogP contribution in [-0.4, -0.2) is 6.71 Å². The van der Waals surface area contributed by atoms with Crippen LogP contribution in [0.3, 0.4) is 0 Å². The molecular formula is C9H22BNa. The fourth-order valence-electron chi connectivity index (χ4n) is 2.31. The van der Waals surface area contributed by atoms with E-state index in [4.69, 9.17) is 0 Å². The molecule has 0 saturated carbocycles. The first-order valence-corrected chi connectivity index (χ1v) is 4.46. The molecule has 62 valence electrons. The second kappa shape index (κ2) is 6.57. The van der Waals surface area contributed by atoms with Gasteiger partial charge in [0.05, 0.1) is 0 Å². The molecule has 0 aliphatic carbocycles. The normalized spacial score (nSPS) is 10.6. The largest absolute Gasteiger partial charge is 1.00 e. The molecular weight excluding hydrogens is 142 g/mol. The van der Waals surface area contributed by atoms with E-state index in [9.17, 15) is 0 Å². The van der Waals surface area contributed by atoms with Gasteiger partial charge >= 0.3 is 29.6 Å². The molecule has 0 N–H and O–H groups in total. The minimum absolute atomic E-state index is 0. The quantitative estimate of drug-likeness (QED) is 0.542. The van der Waals surface area contributed by atoms with Crippen LogP contribution in [0.25, 0.3) is 0 Å². The van der Waals surface area contributed by atoms with E-state index >= 15 is 0 Å². The Labute approximate surface area is 96.4 Å². The fourth-order valence-corrected chi connectivity index (χ4v) is 2.31. The van der Waals surface area contributed by atoms with Gasteiger partial charge in [-0.1, -0.05) is 59.0 Å². The molecule has 0 aliphatic heterocycles. The molecule has 0 aromatic heterocycles. The van der Waals surface area contributed by atoms with Gasteiger partial charge in [-0.15, -0.1) is 0 Å². The molecule has 0 nitrogen and oxygen atoms in total. The zero-order valence-corrected chi connectivity index (χ0v) is 11.3. The van der Waals surface area contributed by atoms with Gasteiger partial charge in [-0.2, -0.15) is 0 Å². The predicted molar refractivity (Wildman–Crippen MR) is 52.2 cm³/mol. The maximum Gasteiger partial charge on any atom is 1.00 e. The first kappa shape index (κ1) is 14.6. The van der Waals surface area contributed by atoms with Crippen LogP contribution in [-0.2, 0) is 0 Å². The van der Waals surface area contributed by atoms with Crippen molar-refractivity contribution in [1.82, 2.24) is 0 Å². The van der Waals surface area contributed by atoms with Gasteiger partial charge in [-0.25, -0.2) is 0 Å². The smallest absolute Gasteiger partial charge is 1.00 e. The molecule has 0 aromatic rings. The van der Waals surface area contributed by atoms with Crippen LogP contribution in [0.4, 0.5) is 0 Å². The average molecular weight is 164 g/mol. The molecule has 0 heterocycles. The molecule has 0 aromatic carbocycles. The monoisotopic (exact) mass is 164 g/mol. The second-order valence-electron chi connectivity index (χ2n) is 4.31. The van der Waals surface area contributed by atoms with Crippen molar-refractivity contribution in [2.24, 2.45) is 0 Å². The van der Waals surface area contributed by atoms with E-state index < -0.39 is 0 Å². The van der Waals surface area contributed by atoms with Crippen molar-refractivity contribution in [3.8, 4) is 0 Å². The Bertz CT molecular complexity index is 75.5. The SMILES string of the molecule is CC(C)B(C(C)C)C(C)C.[H-].[Na+]. The number of hydrogen-bond donors (Lipinski definition) is 0. The molecule has 11 heavy (non-hydrogen) atoms. The molecule has 0 aliphatic rings. The molecule has 0 rings (SSSR count). The van der Waals surface area contributed by atoms with Crippen molar-refractivity contribution < 1.29 is 31.0 Å². The summed E-state index contributed by atoms with van der Waals surface area (Å²) in [7, 11) is 0. The summed E-state index contributed by atoms with van der Waals surface area (Å²) in [6.07, 6.45) is 0. The Hall–Kier alpha value is 1.06. The van der Waals surface area contributed by atoms with Gasteiger partial charge in [0.2, 0.25) is 0 Å². The van der Waals surface area contributed by atoms with E-state index in [1.807, 2.05) is 0 Å². The molecule has 0 atom stereocenters. The Morgan fingerprint density at radius 2 is 0.909 bits per heavy atom. The zero-order chi connectivity index (χ0) is 8.31. The van der Waals surface area contributed by atoms with Gasteiger partial charge in [0.15, 0.2) is 0 Å². The summed E-state index contributed by atoms with van der Waals surface area (Å²) in [5.74, 6) is 2.50. The summed E-state index contributed by atoms with van der Waals surface area (Å²) in [6.45, 7) is 14.8. The molecule has 0 amide bonds. The number of hydrogen-bond acceptors (Lipinski definition) is 0. The topological polar surface area (TPSA) is 0 Å². The van der Waals surface area contributed by atoms with Crippen molar-refractivity contribution in [1.29, 1.82) is 0 Å². The minimum atomic E-state index is 0. The summed E-state index contributed by atoms with van der Waals surface area (Å²) < 4.78 is 0. The van der Waals surface area contributed by atoms with E-state index in [2.05, 4.69) is 41.5 Å². The van der Waals surface area contributed by atoms with Gasteiger partial charge in [-0.05, 0) is 0 Å². The zero-order valence-electron chi connectivity index (χ0n) is 10.3. The summed E-state index contributed by atoms with van der Waals surface area (Å²) in [5.41, 5.74) is 0.